The summed E-state index contributed by atoms with van der Waals surface area (Å²) in [7, 11) is 0. The Morgan fingerprint density at radius 1 is 1.16 bits per heavy atom. The van der Waals surface area contributed by atoms with Crippen LogP contribution in [-0.4, -0.2) is 21.2 Å². The van der Waals surface area contributed by atoms with Crippen molar-refractivity contribution in [1.82, 2.24) is 15.0 Å². The Morgan fingerprint density at radius 3 is 2.53 bits per heavy atom. The molecule has 2 rings (SSSR count). The maximum absolute atomic E-state index is 11.1. The average molecular weight is 294 g/mol. The first-order valence-corrected chi connectivity index (χ1v) is 6.81. The van der Waals surface area contributed by atoms with Crippen LogP contribution >= 0.6 is 23.4 Å². The Morgan fingerprint density at radius 2 is 1.89 bits per heavy atom. The molecule has 0 bridgehead atoms. The summed E-state index contributed by atoms with van der Waals surface area (Å²) in [5, 5.41) is 1.49. The second-order valence-electron chi connectivity index (χ2n) is 4.12. The second kappa shape index (κ2) is 5.67. The fourth-order valence-electron chi connectivity index (χ4n) is 1.66. The zero-order valence-corrected chi connectivity index (χ0v) is 12.3. The lowest BCUT2D eigenvalue weighted by Gasteiger charge is -2.07. The number of rotatable bonds is 3. The molecular formula is C13H12ClN3OS. The Bertz CT molecular complexity index is 626. The maximum atomic E-state index is 11.1. The number of aromatic nitrogens is 3. The minimum atomic E-state index is 0.175. The van der Waals surface area contributed by atoms with E-state index in [4.69, 9.17) is 11.6 Å². The lowest BCUT2D eigenvalue weighted by atomic mass is 10.3. The number of nitrogens with zero attached hydrogens (tertiary/aromatic N) is 3. The van der Waals surface area contributed by atoms with Crippen molar-refractivity contribution in [3.8, 4) is 0 Å². The minimum Gasteiger partial charge on any atom is -0.298 e. The van der Waals surface area contributed by atoms with E-state index < -0.39 is 0 Å². The monoisotopic (exact) mass is 293 g/mol. The standard InChI is InChI=1S/C13H12ClN3OS/c1-7-4-8(2)15-11(5-7)19-13-10(6-18)12(14)16-9(3)17-13/h4-6H,1-3H3. The van der Waals surface area contributed by atoms with Crippen molar-refractivity contribution in [3.63, 3.8) is 0 Å². The van der Waals surface area contributed by atoms with Crippen LogP contribution in [-0.2, 0) is 0 Å². The van der Waals surface area contributed by atoms with Gasteiger partial charge >= 0.3 is 0 Å². The highest BCUT2D eigenvalue weighted by molar-refractivity contribution is 7.99. The number of aryl methyl sites for hydroxylation is 3. The molecule has 0 N–H and O–H groups in total. The third-order valence-electron chi connectivity index (χ3n) is 2.37. The van der Waals surface area contributed by atoms with Gasteiger partial charge in [0.15, 0.2) is 6.29 Å². The molecule has 0 fully saturated rings. The van der Waals surface area contributed by atoms with Crippen molar-refractivity contribution in [2.75, 3.05) is 0 Å². The van der Waals surface area contributed by atoms with E-state index in [-0.39, 0.29) is 5.15 Å². The van der Waals surface area contributed by atoms with E-state index in [0.29, 0.717) is 22.7 Å². The normalized spacial score (nSPS) is 10.5. The topological polar surface area (TPSA) is 55.7 Å². The molecule has 4 nitrogen and oxygen atoms in total. The summed E-state index contributed by atoms with van der Waals surface area (Å²) in [6.07, 6.45) is 0.673. The molecule has 0 aliphatic heterocycles. The largest absolute Gasteiger partial charge is 0.298 e. The summed E-state index contributed by atoms with van der Waals surface area (Å²) in [4.78, 5) is 23.7. The Balaban J connectivity index is 2.45. The predicted molar refractivity (Wildman–Crippen MR) is 75.0 cm³/mol. The smallest absolute Gasteiger partial charge is 0.155 e. The van der Waals surface area contributed by atoms with Gasteiger partial charge in [0.25, 0.3) is 0 Å². The molecule has 0 amide bonds. The van der Waals surface area contributed by atoms with Crippen LogP contribution in [0, 0.1) is 20.8 Å². The van der Waals surface area contributed by atoms with E-state index in [1.165, 1.54) is 11.8 Å². The average Bonchev–Trinajstić information content (AvgIpc) is 2.26. The van der Waals surface area contributed by atoms with Crippen LogP contribution in [0.1, 0.15) is 27.4 Å². The molecule has 2 aromatic heterocycles. The van der Waals surface area contributed by atoms with E-state index in [2.05, 4.69) is 15.0 Å². The van der Waals surface area contributed by atoms with Crippen molar-refractivity contribution in [2.24, 2.45) is 0 Å². The van der Waals surface area contributed by atoms with Crippen LogP contribution in [0.2, 0.25) is 5.15 Å². The molecule has 0 unspecified atom stereocenters. The van der Waals surface area contributed by atoms with Gasteiger partial charge in [-0.05, 0) is 50.2 Å². The summed E-state index contributed by atoms with van der Waals surface area (Å²) in [5.74, 6) is 0.530. The Labute approximate surface area is 120 Å². The molecule has 0 aliphatic rings. The van der Waals surface area contributed by atoms with E-state index in [1.807, 2.05) is 26.0 Å². The van der Waals surface area contributed by atoms with Gasteiger partial charge in [0.1, 0.15) is 21.0 Å². The lowest BCUT2D eigenvalue weighted by Crippen LogP contribution is -1.98. The van der Waals surface area contributed by atoms with E-state index in [0.717, 1.165) is 16.3 Å². The first kappa shape index (κ1) is 14.0. The highest BCUT2D eigenvalue weighted by Crippen LogP contribution is 2.30. The molecule has 19 heavy (non-hydrogen) atoms. The van der Waals surface area contributed by atoms with Crippen molar-refractivity contribution in [2.45, 2.75) is 30.8 Å². The molecule has 98 valence electrons. The zero-order chi connectivity index (χ0) is 14.0. The number of carbonyl (C=O) groups excluding carboxylic acids is 1. The van der Waals surface area contributed by atoms with Crippen LogP contribution < -0.4 is 0 Å². The molecule has 0 saturated heterocycles. The summed E-state index contributed by atoms with van der Waals surface area (Å²) in [6.45, 7) is 5.66. The fraction of sp³-hybridized carbons (Fsp3) is 0.231. The van der Waals surface area contributed by atoms with Crippen LogP contribution in [0.5, 0.6) is 0 Å². The summed E-state index contributed by atoms with van der Waals surface area (Å²) in [5.41, 5.74) is 2.34. The molecule has 0 aliphatic carbocycles. The lowest BCUT2D eigenvalue weighted by molar-refractivity contribution is 0.112. The van der Waals surface area contributed by atoms with Gasteiger partial charge in [0.2, 0.25) is 0 Å². The van der Waals surface area contributed by atoms with Crippen LogP contribution in [0.15, 0.2) is 22.2 Å². The van der Waals surface area contributed by atoms with E-state index >= 15 is 0 Å². The predicted octanol–water partition coefficient (Wildman–Crippen LogP) is 3.41. The molecule has 2 heterocycles. The van der Waals surface area contributed by atoms with Gasteiger partial charge < -0.3 is 0 Å². The number of carbonyl (C=O) groups is 1. The molecule has 0 spiro atoms. The first-order valence-electron chi connectivity index (χ1n) is 5.62. The third kappa shape index (κ3) is 3.30. The number of hydrogen-bond acceptors (Lipinski definition) is 5. The van der Waals surface area contributed by atoms with Gasteiger partial charge in [-0.25, -0.2) is 15.0 Å². The molecule has 0 aromatic carbocycles. The Hall–Kier alpha value is -1.46. The second-order valence-corrected chi connectivity index (χ2v) is 5.49. The van der Waals surface area contributed by atoms with Gasteiger partial charge in [0.05, 0.1) is 5.56 Å². The molecule has 0 saturated carbocycles. The summed E-state index contributed by atoms with van der Waals surface area (Å²) >= 11 is 7.27. The van der Waals surface area contributed by atoms with Gasteiger partial charge in [-0.2, -0.15) is 0 Å². The van der Waals surface area contributed by atoms with Crippen molar-refractivity contribution < 1.29 is 4.79 Å². The SMILES string of the molecule is Cc1cc(C)nc(Sc2nc(C)nc(Cl)c2C=O)c1. The van der Waals surface area contributed by atoms with Gasteiger partial charge in [-0.1, -0.05) is 11.6 Å². The molecule has 0 radical (unpaired) electrons. The third-order valence-corrected chi connectivity index (χ3v) is 3.58. The molecule has 0 atom stereocenters. The first-order chi connectivity index (χ1) is 8.99. The Kier molecular flexibility index (Phi) is 4.17. The number of halogens is 1. The highest BCUT2D eigenvalue weighted by Gasteiger charge is 2.13. The zero-order valence-electron chi connectivity index (χ0n) is 10.8. The number of pyridine rings is 1. The van der Waals surface area contributed by atoms with Crippen molar-refractivity contribution in [3.05, 3.63) is 39.9 Å². The van der Waals surface area contributed by atoms with E-state index in [9.17, 15) is 4.79 Å². The van der Waals surface area contributed by atoms with Gasteiger partial charge in [-0.15, -0.1) is 0 Å². The van der Waals surface area contributed by atoms with E-state index in [1.54, 1.807) is 6.92 Å². The fourth-order valence-corrected chi connectivity index (χ4v) is 3.03. The van der Waals surface area contributed by atoms with Gasteiger partial charge in [0, 0.05) is 5.69 Å². The minimum absolute atomic E-state index is 0.175. The van der Waals surface area contributed by atoms with Crippen LogP contribution in [0.3, 0.4) is 0 Å². The molecule has 6 heteroatoms. The summed E-state index contributed by atoms with van der Waals surface area (Å²) < 4.78 is 0. The number of aldehydes is 1. The summed E-state index contributed by atoms with van der Waals surface area (Å²) in [6, 6.07) is 3.93. The maximum Gasteiger partial charge on any atom is 0.155 e. The molecular weight excluding hydrogens is 282 g/mol. The molecule has 2 aromatic rings. The highest BCUT2D eigenvalue weighted by atomic mass is 35.5. The van der Waals surface area contributed by atoms with Gasteiger partial charge in [-0.3, -0.25) is 4.79 Å². The van der Waals surface area contributed by atoms with Crippen molar-refractivity contribution >= 4 is 29.6 Å². The van der Waals surface area contributed by atoms with Crippen LogP contribution in [0.4, 0.5) is 0 Å². The quantitative estimate of drug-likeness (QED) is 0.641. The number of hydrogen-bond donors (Lipinski definition) is 0. The van der Waals surface area contributed by atoms with Crippen LogP contribution in [0.25, 0.3) is 0 Å². The van der Waals surface area contributed by atoms with Crippen molar-refractivity contribution in [1.29, 1.82) is 0 Å².